The smallest absolute Gasteiger partial charge is 0.332 e. The minimum atomic E-state index is -0.316. The predicted molar refractivity (Wildman–Crippen MR) is 64.2 cm³/mol. The van der Waals surface area contributed by atoms with Gasteiger partial charge in [-0.25, -0.2) is 4.79 Å². The van der Waals surface area contributed by atoms with Crippen LogP contribution in [0.2, 0.25) is 0 Å². The third-order valence-electron chi connectivity index (χ3n) is 2.78. The van der Waals surface area contributed by atoms with E-state index in [1.54, 1.807) is 0 Å². The third kappa shape index (κ3) is 6.80. The maximum absolute atomic E-state index is 11.2. The first kappa shape index (κ1) is 15.4. The van der Waals surface area contributed by atoms with Crippen molar-refractivity contribution in [1.82, 2.24) is 0 Å². The van der Waals surface area contributed by atoms with Crippen LogP contribution in [-0.4, -0.2) is 31.3 Å². The molecule has 0 bridgehead atoms. The van der Waals surface area contributed by atoms with Gasteiger partial charge in [0.25, 0.3) is 0 Å². The Balaban J connectivity index is 3.60. The van der Waals surface area contributed by atoms with Crippen LogP contribution < -0.4 is 5.73 Å². The van der Waals surface area contributed by atoms with Crippen LogP contribution in [0.3, 0.4) is 0 Å². The molecular weight excluding hydrogens is 206 g/mol. The van der Waals surface area contributed by atoms with E-state index in [4.69, 9.17) is 15.2 Å². The number of hydrogen-bond donors (Lipinski definition) is 1. The molecule has 0 fully saturated rings. The fourth-order valence-electron chi connectivity index (χ4n) is 1.16. The monoisotopic (exact) mass is 231 g/mol. The molecule has 0 atom stereocenters. The Hall–Kier alpha value is -0.610. The van der Waals surface area contributed by atoms with E-state index in [0.717, 1.165) is 25.7 Å². The highest BCUT2D eigenvalue weighted by molar-refractivity contribution is 5.70. The van der Waals surface area contributed by atoms with Crippen molar-refractivity contribution in [2.75, 3.05) is 19.8 Å². The molecule has 0 saturated heterocycles. The highest BCUT2D eigenvalue weighted by Gasteiger charge is 2.20. The van der Waals surface area contributed by atoms with E-state index in [1.807, 2.05) is 13.8 Å². The first-order valence-electron chi connectivity index (χ1n) is 6.10. The highest BCUT2D eigenvalue weighted by Crippen LogP contribution is 2.11. The van der Waals surface area contributed by atoms with Crippen LogP contribution in [0.4, 0.5) is 0 Å². The molecule has 0 aliphatic carbocycles. The van der Waals surface area contributed by atoms with Crippen molar-refractivity contribution < 1.29 is 14.3 Å². The second kappa shape index (κ2) is 8.53. The van der Waals surface area contributed by atoms with Gasteiger partial charge in [0.15, 0.2) is 0 Å². The van der Waals surface area contributed by atoms with Crippen molar-refractivity contribution in [3.63, 3.8) is 0 Å². The molecule has 2 N–H and O–H groups in total. The number of carbonyl (C=O) groups excluding carboxylic acids is 1. The molecule has 4 heteroatoms. The molecular formula is C12H25NO3. The normalized spacial score (nSPS) is 11.5. The van der Waals surface area contributed by atoms with Crippen LogP contribution >= 0.6 is 0 Å². The molecule has 0 rings (SSSR count). The third-order valence-corrected chi connectivity index (χ3v) is 2.78. The fourth-order valence-corrected chi connectivity index (χ4v) is 1.16. The maximum Gasteiger partial charge on any atom is 0.332 e. The molecule has 96 valence electrons. The van der Waals surface area contributed by atoms with Crippen LogP contribution in [0.15, 0.2) is 0 Å². The Morgan fingerprint density at radius 2 is 1.88 bits per heavy atom. The summed E-state index contributed by atoms with van der Waals surface area (Å²) in [6.45, 7) is 6.98. The summed E-state index contributed by atoms with van der Waals surface area (Å²) in [5.41, 5.74) is 5.71. The molecule has 0 spiro atoms. The van der Waals surface area contributed by atoms with Crippen molar-refractivity contribution >= 4 is 5.97 Å². The minimum absolute atomic E-state index is 0.00264. The molecule has 0 radical (unpaired) electrons. The number of hydrogen-bond acceptors (Lipinski definition) is 4. The molecule has 4 nitrogen and oxygen atoms in total. The van der Waals surface area contributed by atoms with E-state index in [9.17, 15) is 4.79 Å². The number of nitrogens with two attached hydrogens (primary N) is 1. The largest absolute Gasteiger partial charge is 0.464 e. The van der Waals surface area contributed by atoms with Crippen LogP contribution in [0.1, 0.15) is 46.5 Å². The van der Waals surface area contributed by atoms with E-state index in [-0.39, 0.29) is 18.1 Å². The van der Waals surface area contributed by atoms with Gasteiger partial charge in [-0.05, 0) is 19.3 Å². The average Bonchev–Trinajstić information content (AvgIpc) is 2.29. The summed E-state index contributed by atoms with van der Waals surface area (Å²) < 4.78 is 10.2. The summed E-state index contributed by atoms with van der Waals surface area (Å²) in [7, 11) is 0. The molecule has 16 heavy (non-hydrogen) atoms. The Kier molecular flexibility index (Phi) is 8.21. The van der Waals surface area contributed by atoms with Gasteiger partial charge in [-0.15, -0.1) is 0 Å². The van der Waals surface area contributed by atoms with Gasteiger partial charge >= 0.3 is 5.97 Å². The fraction of sp³-hybridized carbons (Fsp3) is 0.917. The summed E-state index contributed by atoms with van der Waals surface area (Å²) in [4.78, 5) is 11.2. The van der Waals surface area contributed by atoms with Gasteiger partial charge in [0.1, 0.15) is 6.61 Å². The number of ether oxygens (including phenoxy) is 2. The molecule has 0 unspecified atom stereocenters. The lowest BCUT2D eigenvalue weighted by Crippen LogP contribution is -2.43. The number of esters is 1. The molecule has 0 aromatic rings. The topological polar surface area (TPSA) is 61.5 Å². The van der Waals surface area contributed by atoms with Crippen LogP contribution in [0.25, 0.3) is 0 Å². The number of unbranched alkanes of at least 4 members (excludes halogenated alkanes) is 1. The predicted octanol–water partition coefficient (Wildman–Crippen LogP) is 1.86. The van der Waals surface area contributed by atoms with Crippen molar-refractivity contribution in [3.8, 4) is 0 Å². The minimum Gasteiger partial charge on any atom is -0.464 e. The average molecular weight is 231 g/mol. The van der Waals surface area contributed by atoms with Gasteiger partial charge in [-0.2, -0.15) is 0 Å². The zero-order valence-electron chi connectivity index (χ0n) is 10.8. The summed E-state index contributed by atoms with van der Waals surface area (Å²) in [6.07, 6.45) is 3.60. The lowest BCUT2D eigenvalue weighted by Gasteiger charge is -2.25. The van der Waals surface area contributed by atoms with Crippen molar-refractivity contribution in [2.24, 2.45) is 5.73 Å². The van der Waals surface area contributed by atoms with Gasteiger partial charge in [0.2, 0.25) is 0 Å². The highest BCUT2D eigenvalue weighted by atomic mass is 16.6. The Labute approximate surface area is 98.5 Å². The molecule has 0 aliphatic rings. The first-order valence-corrected chi connectivity index (χ1v) is 6.10. The first-order chi connectivity index (χ1) is 7.58. The maximum atomic E-state index is 11.2. The quantitative estimate of drug-likeness (QED) is 0.486. The van der Waals surface area contributed by atoms with Crippen molar-refractivity contribution in [1.29, 1.82) is 0 Å². The molecule has 0 heterocycles. The molecule has 0 aromatic heterocycles. The van der Waals surface area contributed by atoms with E-state index in [2.05, 4.69) is 6.92 Å². The lowest BCUT2D eigenvalue weighted by molar-refractivity contribution is -0.149. The van der Waals surface area contributed by atoms with Gasteiger partial charge in [0.05, 0.1) is 13.2 Å². The molecule has 0 aliphatic heterocycles. The van der Waals surface area contributed by atoms with E-state index >= 15 is 0 Å². The summed E-state index contributed by atoms with van der Waals surface area (Å²) in [6, 6.07) is 0. The zero-order valence-corrected chi connectivity index (χ0v) is 10.8. The van der Waals surface area contributed by atoms with E-state index in [0.29, 0.717) is 13.2 Å². The molecule has 0 aromatic carbocycles. The lowest BCUT2D eigenvalue weighted by atomic mass is 9.96. The standard InChI is InChI=1S/C12H25NO3/c1-4-7-8-16-11(14)9-15-10-12(13,5-2)6-3/h4-10,13H2,1-3H3. The molecule has 0 amide bonds. The summed E-state index contributed by atoms with van der Waals surface area (Å²) in [5.74, 6) is -0.303. The second-order valence-electron chi connectivity index (χ2n) is 4.14. The number of rotatable bonds is 9. The Bertz CT molecular complexity index is 191. The van der Waals surface area contributed by atoms with Gasteiger partial charge < -0.3 is 15.2 Å². The van der Waals surface area contributed by atoms with Crippen LogP contribution in [0, 0.1) is 0 Å². The van der Waals surface area contributed by atoms with E-state index in [1.165, 1.54) is 0 Å². The van der Waals surface area contributed by atoms with Crippen molar-refractivity contribution in [2.45, 2.75) is 52.0 Å². The zero-order chi connectivity index (χ0) is 12.4. The van der Waals surface area contributed by atoms with Crippen LogP contribution in [-0.2, 0) is 14.3 Å². The Morgan fingerprint density at radius 3 is 2.38 bits per heavy atom. The van der Waals surface area contributed by atoms with Crippen LogP contribution in [0.5, 0.6) is 0 Å². The van der Waals surface area contributed by atoms with Crippen molar-refractivity contribution in [3.05, 3.63) is 0 Å². The molecule has 0 saturated carbocycles. The van der Waals surface area contributed by atoms with Gasteiger partial charge in [-0.1, -0.05) is 27.2 Å². The summed E-state index contributed by atoms with van der Waals surface area (Å²) >= 11 is 0. The second-order valence-corrected chi connectivity index (χ2v) is 4.14. The van der Waals surface area contributed by atoms with Gasteiger partial charge in [0, 0.05) is 5.54 Å². The van der Waals surface area contributed by atoms with E-state index < -0.39 is 0 Å². The Morgan fingerprint density at radius 1 is 1.25 bits per heavy atom. The van der Waals surface area contributed by atoms with Gasteiger partial charge in [-0.3, -0.25) is 0 Å². The summed E-state index contributed by atoms with van der Waals surface area (Å²) in [5, 5.41) is 0. The number of carbonyl (C=O) groups is 1. The SMILES string of the molecule is CCCCOC(=O)COCC(N)(CC)CC.